The Kier molecular flexibility index (Phi) is 5.20. The van der Waals surface area contributed by atoms with E-state index in [9.17, 15) is 9.18 Å². The number of amides is 1. The highest BCUT2D eigenvalue weighted by Gasteiger charge is 2.42. The number of hydrogen-bond donors (Lipinski definition) is 1. The summed E-state index contributed by atoms with van der Waals surface area (Å²) in [6.45, 7) is 0. The van der Waals surface area contributed by atoms with Crippen molar-refractivity contribution in [2.24, 2.45) is 17.8 Å². The Bertz CT molecular complexity index is 1070. The van der Waals surface area contributed by atoms with E-state index in [1.807, 2.05) is 18.3 Å². The number of halogens is 2. The number of fused-ring (bicyclic) bond motifs is 2. The molecule has 5 rings (SSSR count). The van der Waals surface area contributed by atoms with Gasteiger partial charge in [0.25, 0.3) is 0 Å². The molecule has 1 amide bonds. The Morgan fingerprint density at radius 1 is 1.03 bits per heavy atom. The molecule has 2 aromatic carbocycles. The first-order chi connectivity index (χ1) is 14.5. The topological polar surface area (TPSA) is 42.0 Å². The number of aromatic nitrogens is 1. The molecule has 2 saturated carbocycles. The number of carbonyl (C=O) groups is 1. The lowest BCUT2D eigenvalue weighted by Gasteiger charge is -2.17. The standard InChI is InChI=1S/C25H24ClFN2O/c26-19-1-4-21(5-2-19)29-25(30)11-15-9-16-12-18(13-17(16)10-15)22-7-8-28-24-6-3-20(27)14-23(22)24/h1-8,14-18H,9-13H2,(H,29,30). The summed E-state index contributed by atoms with van der Waals surface area (Å²) in [5, 5.41) is 4.59. The summed E-state index contributed by atoms with van der Waals surface area (Å²) in [6, 6.07) is 14.1. The van der Waals surface area contributed by atoms with E-state index in [0.717, 1.165) is 42.3 Å². The molecule has 1 N–H and O–H groups in total. The number of nitrogens with zero attached hydrogens (tertiary/aromatic N) is 1. The first-order valence-electron chi connectivity index (χ1n) is 10.6. The van der Waals surface area contributed by atoms with Gasteiger partial charge in [-0.15, -0.1) is 0 Å². The maximum absolute atomic E-state index is 13.8. The molecule has 2 fully saturated rings. The molecule has 2 aliphatic rings. The van der Waals surface area contributed by atoms with Crippen molar-refractivity contribution < 1.29 is 9.18 Å². The third kappa shape index (κ3) is 3.93. The highest BCUT2D eigenvalue weighted by atomic mass is 35.5. The second-order valence-corrected chi connectivity index (χ2v) is 9.28. The number of rotatable bonds is 4. The molecule has 0 spiro atoms. The Hall–Kier alpha value is -2.46. The highest BCUT2D eigenvalue weighted by molar-refractivity contribution is 6.30. The van der Waals surface area contributed by atoms with Crippen LogP contribution >= 0.6 is 11.6 Å². The molecule has 1 heterocycles. The molecule has 0 radical (unpaired) electrons. The number of hydrogen-bond acceptors (Lipinski definition) is 2. The number of benzene rings is 2. The summed E-state index contributed by atoms with van der Waals surface area (Å²) in [6.07, 6.45) is 6.86. The van der Waals surface area contributed by atoms with Crippen LogP contribution in [0.3, 0.4) is 0 Å². The Morgan fingerprint density at radius 3 is 2.50 bits per heavy atom. The average molecular weight is 423 g/mol. The second kappa shape index (κ2) is 7.99. The van der Waals surface area contributed by atoms with Crippen LogP contribution in [-0.4, -0.2) is 10.9 Å². The van der Waals surface area contributed by atoms with Gasteiger partial charge in [0.2, 0.25) is 5.91 Å². The van der Waals surface area contributed by atoms with Gasteiger partial charge in [-0.05, 0) is 103 Å². The van der Waals surface area contributed by atoms with Gasteiger partial charge in [0.15, 0.2) is 0 Å². The third-order valence-electron chi connectivity index (χ3n) is 6.89. The minimum atomic E-state index is -0.207. The maximum atomic E-state index is 13.8. The zero-order chi connectivity index (χ0) is 20.7. The fourth-order valence-corrected chi connectivity index (χ4v) is 5.79. The van der Waals surface area contributed by atoms with Crippen molar-refractivity contribution in [1.29, 1.82) is 0 Å². The zero-order valence-electron chi connectivity index (χ0n) is 16.7. The van der Waals surface area contributed by atoms with E-state index in [1.165, 1.54) is 11.6 Å². The van der Waals surface area contributed by atoms with Crippen molar-refractivity contribution in [3.8, 4) is 0 Å². The molecule has 0 saturated heterocycles. The minimum absolute atomic E-state index is 0.0782. The molecule has 2 atom stereocenters. The van der Waals surface area contributed by atoms with Gasteiger partial charge >= 0.3 is 0 Å². The van der Waals surface area contributed by atoms with E-state index in [0.29, 0.717) is 35.1 Å². The zero-order valence-corrected chi connectivity index (χ0v) is 17.4. The predicted molar refractivity (Wildman–Crippen MR) is 118 cm³/mol. The van der Waals surface area contributed by atoms with E-state index in [4.69, 9.17) is 11.6 Å². The van der Waals surface area contributed by atoms with Crippen molar-refractivity contribution >= 4 is 34.1 Å². The highest BCUT2D eigenvalue weighted by Crippen LogP contribution is 2.53. The quantitative estimate of drug-likeness (QED) is 0.516. The van der Waals surface area contributed by atoms with E-state index < -0.39 is 0 Å². The molecule has 1 aromatic heterocycles. The molecule has 3 nitrogen and oxygen atoms in total. The summed E-state index contributed by atoms with van der Waals surface area (Å²) >= 11 is 5.90. The number of carbonyl (C=O) groups excluding carboxylic acids is 1. The molecule has 0 bridgehead atoms. The molecule has 3 aromatic rings. The van der Waals surface area contributed by atoms with Crippen LogP contribution < -0.4 is 5.32 Å². The molecular weight excluding hydrogens is 399 g/mol. The molecule has 0 aliphatic heterocycles. The number of anilines is 1. The lowest BCUT2D eigenvalue weighted by atomic mass is 9.89. The smallest absolute Gasteiger partial charge is 0.224 e. The minimum Gasteiger partial charge on any atom is -0.326 e. The van der Waals surface area contributed by atoms with Crippen LogP contribution in [0.2, 0.25) is 5.02 Å². The number of nitrogens with one attached hydrogen (secondary N) is 1. The lowest BCUT2D eigenvalue weighted by molar-refractivity contribution is -0.117. The Morgan fingerprint density at radius 2 is 1.77 bits per heavy atom. The Labute approximate surface area is 180 Å². The normalized spacial score (nSPS) is 25.4. The summed E-state index contributed by atoms with van der Waals surface area (Å²) in [4.78, 5) is 16.8. The van der Waals surface area contributed by atoms with Crippen molar-refractivity contribution in [2.45, 2.75) is 38.0 Å². The van der Waals surface area contributed by atoms with Crippen molar-refractivity contribution in [3.63, 3.8) is 0 Å². The average Bonchev–Trinajstić information content (AvgIpc) is 3.27. The summed E-state index contributed by atoms with van der Waals surface area (Å²) in [5.74, 6) is 2.08. The fraction of sp³-hybridized carbons (Fsp3) is 0.360. The van der Waals surface area contributed by atoms with E-state index >= 15 is 0 Å². The first kappa shape index (κ1) is 19.5. The molecule has 154 valence electrons. The van der Waals surface area contributed by atoms with Gasteiger partial charge in [-0.2, -0.15) is 0 Å². The van der Waals surface area contributed by atoms with Gasteiger partial charge in [0.1, 0.15) is 5.82 Å². The Balaban J connectivity index is 1.21. The summed E-state index contributed by atoms with van der Waals surface area (Å²) in [5.41, 5.74) is 2.88. The monoisotopic (exact) mass is 422 g/mol. The summed E-state index contributed by atoms with van der Waals surface area (Å²) < 4.78 is 13.8. The molecular formula is C25H24ClFN2O. The first-order valence-corrected chi connectivity index (χ1v) is 11.0. The third-order valence-corrected chi connectivity index (χ3v) is 7.14. The van der Waals surface area contributed by atoms with Crippen LogP contribution in [0.4, 0.5) is 10.1 Å². The van der Waals surface area contributed by atoms with Crippen LogP contribution in [-0.2, 0) is 4.79 Å². The van der Waals surface area contributed by atoms with Crippen molar-refractivity contribution in [1.82, 2.24) is 4.98 Å². The van der Waals surface area contributed by atoms with Gasteiger partial charge in [-0.1, -0.05) is 11.6 Å². The molecule has 2 unspecified atom stereocenters. The molecule has 2 aliphatic carbocycles. The van der Waals surface area contributed by atoms with E-state index in [-0.39, 0.29) is 11.7 Å². The van der Waals surface area contributed by atoms with Gasteiger partial charge in [0.05, 0.1) is 5.52 Å². The van der Waals surface area contributed by atoms with Crippen molar-refractivity contribution in [3.05, 3.63) is 71.1 Å². The summed E-state index contributed by atoms with van der Waals surface area (Å²) in [7, 11) is 0. The largest absolute Gasteiger partial charge is 0.326 e. The van der Waals surface area contributed by atoms with Gasteiger partial charge in [-0.3, -0.25) is 9.78 Å². The van der Waals surface area contributed by atoms with Crippen LogP contribution in [0, 0.1) is 23.6 Å². The lowest BCUT2D eigenvalue weighted by Crippen LogP contribution is -2.15. The van der Waals surface area contributed by atoms with E-state index in [2.05, 4.69) is 16.4 Å². The van der Waals surface area contributed by atoms with Crippen LogP contribution in [0.25, 0.3) is 10.9 Å². The maximum Gasteiger partial charge on any atom is 0.224 e. The number of pyridine rings is 1. The van der Waals surface area contributed by atoms with Crippen molar-refractivity contribution in [2.75, 3.05) is 5.32 Å². The fourth-order valence-electron chi connectivity index (χ4n) is 5.67. The van der Waals surface area contributed by atoms with Gasteiger partial charge < -0.3 is 5.32 Å². The van der Waals surface area contributed by atoms with Gasteiger partial charge in [-0.25, -0.2) is 4.39 Å². The van der Waals surface area contributed by atoms with Crippen LogP contribution in [0.15, 0.2) is 54.7 Å². The van der Waals surface area contributed by atoms with E-state index in [1.54, 1.807) is 24.3 Å². The molecule has 5 heteroatoms. The van der Waals surface area contributed by atoms with Crippen LogP contribution in [0.5, 0.6) is 0 Å². The predicted octanol–water partition coefficient (Wildman–Crippen LogP) is 6.58. The van der Waals surface area contributed by atoms with Gasteiger partial charge in [0, 0.05) is 28.7 Å². The molecule has 30 heavy (non-hydrogen) atoms. The van der Waals surface area contributed by atoms with Crippen LogP contribution in [0.1, 0.15) is 43.6 Å². The second-order valence-electron chi connectivity index (χ2n) is 8.85. The SMILES string of the molecule is O=C(CC1CC2CC(c3ccnc4ccc(F)cc34)CC2C1)Nc1ccc(Cl)cc1.